The molecule has 13 heavy (non-hydrogen) atoms. The molecule has 0 amide bonds. The van der Waals surface area contributed by atoms with Crippen molar-refractivity contribution in [3.63, 3.8) is 0 Å². The summed E-state index contributed by atoms with van der Waals surface area (Å²) in [4.78, 5) is 0. The highest BCUT2D eigenvalue weighted by atomic mass is 15.0. The summed E-state index contributed by atoms with van der Waals surface area (Å²) >= 11 is 0. The average molecular weight is 181 g/mol. The van der Waals surface area contributed by atoms with E-state index in [4.69, 9.17) is 0 Å². The van der Waals surface area contributed by atoms with E-state index in [-0.39, 0.29) is 0 Å². The van der Waals surface area contributed by atoms with Crippen molar-refractivity contribution in [3.05, 3.63) is 0 Å². The van der Waals surface area contributed by atoms with Crippen LogP contribution in [-0.2, 0) is 0 Å². The molecule has 0 aromatic carbocycles. The zero-order chi connectivity index (χ0) is 8.93. The molecule has 1 saturated carbocycles. The maximum Gasteiger partial charge on any atom is 0.0148 e. The van der Waals surface area contributed by atoms with Crippen molar-refractivity contribution in [1.29, 1.82) is 0 Å². The number of nitrogens with zero attached hydrogens (tertiary/aromatic N) is 1. The van der Waals surface area contributed by atoms with Crippen LogP contribution in [0.5, 0.6) is 0 Å². The molecule has 0 unspecified atom stereocenters. The van der Waals surface area contributed by atoms with E-state index in [0.29, 0.717) is 0 Å². The molecule has 2 fully saturated rings. The van der Waals surface area contributed by atoms with Gasteiger partial charge in [0, 0.05) is 25.2 Å². The molecule has 2 nitrogen and oxygen atoms in total. The summed E-state index contributed by atoms with van der Waals surface area (Å²) in [6, 6.07) is 1.61. The number of rotatable bonds is 2. The maximum absolute atomic E-state index is 4.38. The zero-order valence-electron chi connectivity index (χ0n) is 8.47. The molecule has 1 saturated heterocycles. The second-order valence-corrected chi connectivity index (χ2v) is 4.45. The summed E-state index contributed by atoms with van der Waals surface area (Å²) in [5.41, 5.74) is 0. The van der Waals surface area contributed by atoms with E-state index in [1.54, 1.807) is 0 Å². The van der Waals surface area contributed by atoms with Gasteiger partial charge in [0.25, 0.3) is 0 Å². The van der Waals surface area contributed by atoms with E-state index in [2.05, 4.69) is 10.6 Å². The van der Waals surface area contributed by atoms with Gasteiger partial charge in [0.05, 0.1) is 0 Å². The largest absolute Gasteiger partial charge is 0.311 e. The lowest BCUT2D eigenvalue weighted by Crippen LogP contribution is -2.43. The fraction of sp³-hybridized carbons (Fsp3) is 1.00. The molecule has 2 heteroatoms. The minimum Gasteiger partial charge on any atom is -0.311 e. The van der Waals surface area contributed by atoms with Crippen LogP contribution in [0.3, 0.4) is 0 Å². The summed E-state index contributed by atoms with van der Waals surface area (Å²) < 4.78 is 0. The van der Waals surface area contributed by atoms with E-state index in [1.807, 2.05) is 0 Å². The molecule has 75 valence electrons. The summed E-state index contributed by atoms with van der Waals surface area (Å²) in [6.07, 6.45) is 9.70. The molecule has 1 aliphatic carbocycles. The van der Waals surface area contributed by atoms with Gasteiger partial charge >= 0.3 is 0 Å². The highest BCUT2D eigenvalue weighted by Gasteiger charge is 2.19. The molecule has 1 aliphatic heterocycles. The highest BCUT2D eigenvalue weighted by molar-refractivity contribution is 4.80. The quantitative estimate of drug-likeness (QED) is 0.689. The van der Waals surface area contributed by atoms with E-state index in [1.165, 1.54) is 44.9 Å². The first-order chi connectivity index (χ1) is 6.45. The van der Waals surface area contributed by atoms with Gasteiger partial charge in [-0.15, -0.1) is 0 Å². The van der Waals surface area contributed by atoms with Crippen LogP contribution in [-0.4, -0.2) is 25.2 Å². The molecule has 1 radical (unpaired) electrons. The second kappa shape index (κ2) is 4.97. The van der Waals surface area contributed by atoms with E-state index < -0.39 is 0 Å². The van der Waals surface area contributed by atoms with Gasteiger partial charge in [0.15, 0.2) is 0 Å². The first-order valence-electron chi connectivity index (χ1n) is 5.84. The van der Waals surface area contributed by atoms with Crippen molar-refractivity contribution in [2.75, 3.05) is 13.1 Å². The van der Waals surface area contributed by atoms with Crippen LogP contribution < -0.4 is 10.6 Å². The molecule has 2 aliphatic rings. The van der Waals surface area contributed by atoms with E-state index >= 15 is 0 Å². The van der Waals surface area contributed by atoms with Gasteiger partial charge in [-0.3, -0.25) is 0 Å². The van der Waals surface area contributed by atoms with Gasteiger partial charge < -0.3 is 5.32 Å². The third-order valence-electron chi connectivity index (χ3n) is 3.35. The predicted octanol–water partition coefficient (Wildman–Crippen LogP) is 1.68. The van der Waals surface area contributed by atoms with Crippen molar-refractivity contribution >= 4 is 0 Å². The van der Waals surface area contributed by atoms with Crippen LogP contribution >= 0.6 is 0 Å². The smallest absolute Gasteiger partial charge is 0.0148 e. The number of hydrogen-bond acceptors (Lipinski definition) is 1. The Morgan fingerprint density at radius 1 is 0.769 bits per heavy atom. The Kier molecular flexibility index (Phi) is 3.62. The fourth-order valence-electron chi connectivity index (χ4n) is 2.52. The molecule has 1 N–H and O–H groups in total. The Balaban J connectivity index is 1.69. The molecule has 0 atom stereocenters. The van der Waals surface area contributed by atoms with Crippen LogP contribution in [0.25, 0.3) is 0 Å². The third kappa shape index (κ3) is 2.96. The number of hydrogen-bond donors (Lipinski definition) is 1. The number of nitrogens with one attached hydrogen (secondary N) is 1. The summed E-state index contributed by atoms with van der Waals surface area (Å²) in [5.74, 6) is 0. The van der Waals surface area contributed by atoms with Crippen molar-refractivity contribution in [2.45, 2.75) is 57.0 Å². The molecule has 2 rings (SSSR count). The topological polar surface area (TPSA) is 26.1 Å². The van der Waals surface area contributed by atoms with Crippen molar-refractivity contribution in [2.24, 2.45) is 0 Å². The van der Waals surface area contributed by atoms with Crippen LogP contribution in [0.2, 0.25) is 0 Å². The third-order valence-corrected chi connectivity index (χ3v) is 3.35. The van der Waals surface area contributed by atoms with Crippen LogP contribution in [0.4, 0.5) is 0 Å². The molecule has 1 heterocycles. The second-order valence-electron chi connectivity index (χ2n) is 4.45. The number of piperidine rings is 1. The maximum atomic E-state index is 4.38. The van der Waals surface area contributed by atoms with Crippen LogP contribution in [0.1, 0.15) is 44.9 Å². The van der Waals surface area contributed by atoms with Gasteiger partial charge in [0.1, 0.15) is 0 Å². The Morgan fingerprint density at radius 3 is 2.08 bits per heavy atom. The Labute approximate surface area is 81.5 Å². The molecule has 0 aromatic heterocycles. The normalized spacial score (nSPS) is 27.7. The first kappa shape index (κ1) is 9.47. The molecule has 0 bridgehead atoms. The van der Waals surface area contributed by atoms with E-state index in [0.717, 1.165) is 25.2 Å². The van der Waals surface area contributed by atoms with E-state index in [9.17, 15) is 0 Å². The SMILES string of the molecule is C1CCC(NC2CC[N]CC2)CC1. The van der Waals surface area contributed by atoms with Gasteiger partial charge in [-0.25, -0.2) is 5.32 Å². The standard InChI is InChI=1S/C11H21N2/c1-2-4-10(5-3-1)13-11-6-8-12-9-7-11/h10-11,13H,1-9H2. The monoisotopic (exact) mass is 181 g/mol. The van der Waals surface area contributed by atoms with Gasteiger partial charge in [-0.1, -0.05) is 19.3 Å². The summed E-state index contributed by atoms with van der Waals surface area (Å²) in [6.45, 7) is 2.18. The van der Waals surface area contributed by atoms with Gasteiger partial charge in [-0.05, 0) is 25.7 Å². The van der Waals surface area contributed by atoms with Gasteiger partial charge in [-0.2, -0.15) is 0 Å². The minimum atomic E-state index is 0.778. The van der Waals surface area contributed by atoms with Crippen LogP contribution in [0, 0.1) is 0 Å². The lowest BCUT2D eigenvalue weighted by Gasteiger charge is -2.30. The average Bonchev–Trinajstić information content (AvgIpc) is 2.21. The first-order valence-corrected chi connectivity index (χ1v) is 5.84. The highest BCUT2D eigenvalue weighted by Crippen LogP contribution is 2.19. The summed E-state index contributed by atoms with van der Waals surface area (Å²) in [5, 5.41) is 8.18. The zero-order valence-corrected chi connectivity index (χ0v) is 8.47. The Hall–Kier alpha value is -0.0800. The lowest BCUT2D eigenvalue weighted by molar-refractivity contribution is 0.296. The Bertz CT molecular complexity index is 119. The van der Waals surface area contributed by atoms with Crippen LogP contribution in [0.15, 0.2) is 0 Å². The van der Waals surface area contributed by atoms with Crippen molar-refractivity contribution in [1.82, 2.24) is 10.6 Å². The van der Waals surface area contributed by atoms with Gasteiger partial charge in [0.2, 0.25) is 0 Å². The fourth-order valence-corrected chi connectivity index (χ4v) is 2.52. The molecular weight excluding hydrogens is 160 g/mol. The molecule has 0 spiro atoms. The Morgan fingerprint density at radius 2 is 1.38 bits per heavy atom. The van der Waals surface area contributed by atoms with Crippen molar-refractivity contribution in [3.8, 4) is 0 Å². The molecular formula is C11H21N2. The lowest BCUT2D eigenvalue weighted by atomic mass is 9.94. The minimum absolute atomic E-state index is 0.778. The molecule has 0 aromatic rings. The summed E-state index contributed by atoms with van der Waals surface area (Å²) in [7, 11) is 0. The predicted molar refractivity (Wildman–Crippen MR) is 54.9 cm³/mol. The van der Waals surface area contributed by atoms with Crippen molar-refractivity contribution < 1.29 is 0 Å².